The van der Waals surface area contributed by atoms with Crippen molar-refractivity contribution in [1.82, 2.24) is 4.98 Å². The van der Waals surface area contributed by atoms with Crippen LogP contribution in [0.2, 0.25) is 0 Å². The first-order valence-corrected chi connectivity index (χ1v) is 4.76. The lowest BCUT2D eigenvalue weighted by Crippen LogP contribution is -2.08. The van der Waals surface area contributed by atoms with Gasteiger partial charge < -0.3 is 15.2 Å². The molecular weight excluding hydrogens is 180 g/mol. The monoisotopic (exact) mass is 196 g/mol. The topological polar surface area (TPSA) is 57.4 Å². The largest absolute Gasteiger partial charge is 0.475 e. The molecule has 4 heteroatoms. The van der Waals surface area contributed by atoms with Crippen LogP contribution in [0, 0.1) is 0 Å². The Morgan fingerprint density at radius 1 is 1.29 bits per heavy atom. The number of rotatable bonds is 6. The summed E-state index contributed by atoms with van der Waals surface area (Å²) in [6.07, 6.45) is 1.02. The van der Waals surface area contributed by atoms with E-state index in [1.165, 1.54) is 0 Å². The summed E-state index contributed by atoms with van der Waals surface area (Å²) in [5.41, 5.74) is 5.49. The van der Waals surface area contributed by atoms with Crippen LogP contribution in [0.5, 0.6) is 5.88 Å². The van der Waals surface area contributed by atoms with E-state index in [-0.39, 0.29) is 0 Å². The number of hydrogen-bond acceptors (Lipinski definition) is 4. The molecule has 2 N–H and O–H groups in total. The molecule has 0 bridgehead atoms. The van der Waals surface area contributed by atoms with Crippen LogP contribution in [-0.2, 0) is 4.74 Å². The maximum atomic E-state index is 5.49. The van der Waals surface area contributed by atoms with Gasteiger partial charge in [-0.3, -0.25) is 0 Å². The van der Waals surface area contributed by atoms with E-state index in [2.05, 4.69) is 11.9 Å². The van der Waals surface area contributed by atoms with Gasteiger partial charge in [0, 0.05) is 12.7 Å². The van der Waals surface area contributed by atoms with Crippen molar-refractivity contribution in [2.75, 3.05) is 25.6 Å². The number of nitrogens with zero attached hydrogens (tertiary/aromatic N) is 1. The molecule has 0 saturated carbocycles. The molecule has 0 aromatic carbocycles. The molecule has 0 unspecified atom stereocenters. The highest BCUT2D eigenvalue weighted by molar-refractivity contribution is 5.30. The lowest BCUT2D eigenvalue weighted by Gasteiger charge is -2.05. The van der Waals surface area contributed by atoms with Crippen molar-refractivity contribution in [2.45, 2.75) is 13.3 Å². The number of anilines is 1. The zero-order valence-corrected chi connectivity index (χ0v) is 8.40. The second kappa shape index (κ2) is 6.21. The second-order valence-electron chi connectivity index (χ2n) is 2.86. The van der Waals surface area contributed by atoms with Crippen LogP contribution in [0.25, 0.3) is 0 Å². The molecule has 14 heavy (non-hydrogen) atoms. The summed E-state index contributed by atoms with van der Waals surface area (Å²) < 4.78 is 10.6. The van der Waals surface area contributed by atoms with Gasteiger partial charge in [0.2, 0.25) is 5.88 Å². The average Bonchev–Trinajstić information content (AvgIpc) is 2.18. The summed E-state index contributed by atoms with van der Waals surface area (Å²) in [6, 6.07) is 5.31. The van der Waals surface area contributed by atoms with Gasteiger partial charge in [0.15, 0.2) is 0 Å². The summed E-state index contributed by atoms with van der Waals surface area (Å²) in [6.45, 7) is 3.94. The van der Waals surface area contributed by atoms with E-state index in [4.69, 9.17) is 15.2 Å². The van der Waals surface area contributed by atoms with E-state index in [0.29, 0.717) is 24.9 Å². The third-order valence-electron chi connectivity index (χ3n) is 1.57. The Hall–Kier alpha value is -1.29. The smallest absolute Gasteiger partial charge is 0.215 e. The second-order valence-corrected chi connectivity index (χ2v) is 2.86. The van der Waals surface area contributed by atoms with Crippen LogP contribution in [0.4, 0.5) is 5.82 Å². The fraction of sp³-hybridized carbons (Fsp3) is 0.500. The van der Waals surface area contributed by atoms with Crippen LogP contribution in [0.3, 0.4) is 0 Å². The number of pyridine rings is 1. The minimum atomic E-state index is 0.469. The van der Waals surface area contributed by atoms with E-state index in [1.807, 2.05) is 6.07 Å². The van der Waals surface area contributed by atoms with Crippen molar-refractivity contribution in [3.05, 3.63) is 18.2 Å². The molecular formula is C10H16N2O2. The third-order valence-corrected chi connectivity index (χ3v) is 1.57. The first-order valence-electron chi connectivity index (χ1n) is 4.76. The highest BCUT2D eigenvalue weighted by Crippen LogP contribution is 2.07. The zero-order valence-electron chi connectivity index (χ0n) is 8.40. The molecule has 0 spiro atoms. The van der Waals surface area contributed by atoms with Gasteiger partial charge in [-0.2, -0.15) is 4.98 Å². The molecule has 0 atom stereocenters. The molecule has 4 nitrogen and oxygen atoms in total. The van der Waals surface area contributed by atoms with Crippen molar-refractivity contribution in [2.24, 2.45) is 0 Å². The molecule has 1 aromatic rings. The maximum Gasteiger partial charge on any atom is 0.215 e. The highest BCUT2D eigenvalue weighted by Gasteiger charge is 1.95. The van der Waals surface area contributed by atoms with Gasteiger partial charge >= 0.3 is 0 Å². The minimum absolute atomic E-state index is 0.469. The van der Waals surface area contributed by atoms with E-state index >= 15 is 0 Å². The molecule has 0 aliphatic carbocycles. The SMILES string of the molecule is CCCOCCOc1cccc(N)n1. The van der Waals surface area contributed by atoms with E-state index in [9.17, 15) is 0 Å². The first-order chi connectivity index (χ1) is 6.83. The average molecular weight is 196 g/mol. The number of nitrogens with two attached hydrogens (primary N) is 1. The van der Waals surface area contributed by atoms with Crippen molar-refractivity contribution in [3.63, 3.8) is 0 Å². The number of ether oxygens (including phenoxy) is 2. The molecule has 1 heterocycles. The number of hydrogen-bond donors (Lipinski definition) is 1. The molecule has 0 fully saturated rings. The molecule has 0 radical (unpaired) electrons. The van der Waals surface area contributed by atoms with Crippen LogP contribution in [0.15, 0.2) is 18.2 Å². The number of nitrogen functional groups attached to an aromatic ring is 1. The summed E-state index contributed by atoms with van der Waals surface area (Å²) in [7, 11) is 0. The van der Waals surface area contributed by atoms with E-state index < -0.39 is 0 Å². The van der Waals surface area contributed by atoms with E-state index in [0.717, 1.165) is 13.0 Å². The molecule has 0 amide bonds. The van der Waals surface area contributed by atoms with Gasteiger partial charge in [0.25, 0.3) is 0 Å². The fourth-order valence-corrected chi connectivity index (χ4v) is 0.963. The first kappa shape index (κ1) is 10.8. The molecule has 0 aliphatic heterocycles. The summed E-state index contributed by atoms with van der Waals surface area (Å²) in [5, 5.41) is 0. The predicted octanol–water partition coefficient (Wildman–Crippen LogP) is 1.47. The van der Waals surface area contributed by atoms with Gasteiger partial charge in [-0.15, -0.1) is 0 Å². The fourth-order valence-electron chi connectivity index (χ4n) is 0.963. The Kier molecular flexibility index (Phi) is 4.78. The molecule has 0 saturated heterocycles. The summed E-state index contributed by atoms with van der Waals surface area (Å²) in [5.74, 6) is 1.02. The number of aromatic nitrogens is 1. The standard InChI is InChI=1S/C10H16N2O2/c1-2-6-13-7-8-14-10-5-3-4-9(11)12-10/h3-5H,2,6-8H2,1H3,(H2,11,12). The Labute approximate surface area is 84.0 Å². The molecule has 1 rings (SSSR count). The van der Waals surface area contributed by atoms with Gasteiger partial charge in [-0.1, -0.05) is 13.0 Å². The van der Waals surface area contributed by atoms with Crippen molar-refractivity contribution in [1.29, 1.82) is 0 Å². The predicted molar refractivity (Wildman–Crippen MR) is 55.3 cm³/mol. The van der Waals surface area contributed by atoms with Crippen LogP contribution in [-0.4, -0.2) is 24.8 Å². The Morgan fingerprint density at radius 2 is 2.14 bits per heavy atom. The Balaban J connectivity index is 2.18. The quantitative estimate of drug-likeness (QED) is 0.700. The van der Waals surface area contributed by atoms with Crippen molar-refractivity contribution in [3.8, 4) is 5.88 Å². The summed E-state index contributed by atoms with van der Waals surface area (Å²) in [4.78, 5) is 3.99. The zero-order chi connectivity index (χ0) is 10.2. The normalized spacial score (nSPS) is 10.1. The lowest BCUT2D eigenvalue weighted by atomic mass is 10.4. The van der Waals surface area contributed by atoms with Gasteiger partial charge in [-0.25, -0.2) is 0 Å². The maximum absolute atomic E-state index is 5.49. The van der Waals surface area contributed by atoms with Crippen molar-refractivity contribution < 1.29 is 9.47 Å². The van der Waals surface area contributed by atoms with Gasteiger partial charge in [0.05, 0.1) is 6.61 Å². The minimum Gasteiger partial charge on any atom is -0.475 e. The lowest BCUT2D eigenvalue weighted by molar-refractivity contribution is 0.0991. The molecule has 78 valence electrons. The van der Waals surface area contributed by atoms with Gasteiger partial charge in [0.1, 0.15) is 12.4 Å². The van der Waals surface area contributed by atoms with Crippen LogP contribution >= 0.6 is 0 Å². The molecule has 0 aliphatic rings. The van der Waals surface area contributed by atoms with Crippen molar-refractivity contribution >= 4 is 5.82 Å². The highest BCUT2D eigenvalue weighted by atomic mass is 16.5. The van der Waals surface area contributed by atoms with E-state index in [1.54, 1.807) is 12.1 Å². The third kappa shape index (κ3) is 4.09. The van der Waals surface area contributed by atoms with Crippen LogP contribution < -0.4 is 10.5 Å². The Morgan fingerprint density at radius 3 is 2.86 bits per heavy atom. The molecule has 1 aromatic heterocycles. The Bertz CT molecular complexity index is 266. The van der Waals surface area contributed by atoms with Crippen LogP contribution in [0.1, 0.15) is 13.3 Å². The summed E-state index contributed by atoms with van der Waals surface area (Å²) >= 11 is 0. The van der Waals surface area contributed by atoms with Gasteiger partial charge in [-0.05, 0) is 12.5 Å².